The second kappa shape index (κ2) is 5.80. The molecule has 3 nitrogen and oxygen atoms in total. The summed E-state index contributed by atoms with van der Waals surface area (Å²) in [5.41, 5.74) is 2.43. The summed E-state index contributed by atoms with van der Waals surface area (Å²) in [7, 11) is 4.19. The standard InChI is InChI=1S/C17H23N3/c1-18-12-13-11-17(20(2)14-7-3-4-8-14)19-16-10-6-5-9-15(13)16/h5-6,9-11,14,18H,3-4,7-8,12H2,1-2H3. The summed E-state index contributed by atoms with van der Waals surface area (Å²) in [6.07, 6.45) is 5.30. The second-order valence-corrected chi connectivity index (χ2v) is 5.74. The van der Waals surface area contributed by atoms with E-state index in [0.29, 0.717) is 6.04 Å². The van der Waals surface area contributed by atoms with E-state index in [0.717, 1.165) is 17.9 Å². The van der Waals surface area contributed by atoms with Crippen molar-refractivity contribution in [1.29, 1.82) is 0 Å². The van der Waals surface area contributed by atoms with E-state index >= 15 is 0 Å². The molecule has 1 saturated carbocycles. The third-order valence-corrected chi connectivity index (χ3v) is 4.39. The molecule has 0 bridgehead atoms. The maximum absolute atomic E-state index is 4.86. The van der Waals surface area contributed by atoms with Crippen LogP contribution in [0.15, 0.2) is 30.3 Å². The number of pyridine rings is 1. The lowest BCUT2D eigenvalue weighted by Gasteiger charge is -2.26. The first kappa shape index (κ1) is 13.4. The van der Waals surface area contributed by atoms with Crippen molar-refractivity contribution >= 4 is 16.7 Å². The molecule has 1 aliphatic rings. The quantitative estimate of drug-likeness (QED) is 0.922. The van der Waals surface area contributed by atoms with Crippen molar-refractivity contribution in [1.82, 2.24) is 10.3 Å². The lowest BCUT2D eigenvalue weighted by molar-refractivity contribution is 0.647. The first-order valence-electron chi connectivity index (χ1n) is 7.55. The van der Waals surface area contributed by atoms with Gasteiger partial charge in [0.15, 0.2) is 0 Å². The number of anilines is 1. The van der Waals surface area contributed by atoms with Crippen LogP contribution in [0.1, 0.15) is 31.2 Å². The van der Waals surface area contributed by atoms with E-state index in [-0.39, 0.29) is 0 Å². The number of para-hydroxylation sites is 1. The molecular formula is C17H23N3. The normalized spacial score (nSPS) is 15.9. The number of fused-ring (bicyclic) bond motifs is 1. The monoisotopic (exact) mass is 269 g/mol. The van der Waals surface area contributed by atoms with E-state index in [4.69, 9.17) is 4.98 Å². The lowest BCUT2D eigenvalue weighted by atomic mass is 10.1. The molecule has 0 spiro atoms. The average Bonchev–Trinajstić information content (AvgIpc) is 3.01. The highest BCUT2D eigenvalue weighted by atomic mass is 15.2. The van der Waals surface area contributed by atoms with Gasteiger partial charge in [0.05, 0.1) is 5.52 Å². The van der Waals surface area contributed by atoms with E-state index < -0.39 is 0 Å². The van der Waals surface area contributed by atoms with Gasteiger partial charge in [-0.25, -0.2) is 4.98 Å². The third kappa shape index (κ3) is 2.50. The van der Waals surface area contributed by atoms with Crippen LogP contribution in [0.5, 0.6) is 0 Å². The Labute approximate surface area is 121 Å². The summed E-state index contributed by atoms with van der Waals surface area (Å²) in [5.74, 6) is 1.11. The van der Waals surface area contributed by atoms with Gasteiger partial charge in [0.2, 0.25) is 0 Å². The average molecular weight is 269 g/mol. The largest absolute Gasteiger partial charge is 0.357 e. The molecule has 3 rings (SSSR count). The van der Waals surface area contributed by atoms with Gasteiger partial charge in [-0.2, -0.15) is 0 Å². The van der Waals surface area contributed by atoms with Gasteiger partial charge in [-0.15, -0.1) is 0 Å². The number of nitrogens with one attached hydrogen (secondary N) is 1. The molecule has 1 heterocycles. The minimum Gasteiger partial charge on any atom is -0.357 e. The summed E-state index contributed by atoms with van der Waals surface area (Å²) in [5, 5.41) is 4.52. The summed E-state index contributed by atoms with van der Waals surface area (Å²) >= 11 is 0. The van der Waals surface area contributed by atoms with Gasteiger partial charge < -0.3 is 10.2 Å². The van der Waals surface area contributed by atoms with Crippen LogP contribution >= 0.6 is 0 Å². The zero-order valence-electron chi connectivity index (χ0n) is 12.4. The number of aromatic nitrogens is 1. The van der Waals surface area contributed by atoms with Crippen LogP contribution < -0.4 is 10.2 Å². The molecule has 0 unspecified atom stereocenters. The van der Waals surface area contributed by atoms with Crippen molar-refractivity contribution in [3.8, 4) is 0 Å². The molecule has 1 aromatic carbocycles. The number of nitrogens with zero attached hydrogens (tertiary/aromatic N) is 2. The highest BCUT2D eigenvalue weighted by molar-refractivity contribution is 5.84. The third-order valence-electron chi connectivity index (χ3n) is 4.39. The van der Waals surface area contributed by atoms with E-state index in [9.17, 15) is 0 Å². The van der Waals surface area contributed by atoms with Crippen molar-refractivity contribution in [2.75, 3.05) is 19.0 Å². The molecule has 0 amide bonds. The summed E-state index contributed by atoms with van der Waals surface area (Å²) < 4.78 is 0. The number of hydrogen-bond acceptors (Lipinski definition) is 3. The molecule has 20 heavy (non-hydrogen) atoms. The van der Waals surface area contributed by atoms with Crippen molar-refractivity contribution in [2.45, 2.75) is 38.3 Å². The topological polar surface area (TPSA) is 28.2 Å². The summed E-state index contributed by atoms with van der Waals surface area (Å²) in [6.45, 7) is 0.883. The molecule has 3 heteroatoms. The van der Waals surface area contributed by atoms with Gasteiger partial charge in [-0.3, -0.25) is 0 Å². The molecule has 0 aliphatic heterocycles. The molecule has 1 N–H and O–H groups in total. The minimum absolute atomic E-state index is 0.658. The predicted octanol–water partition coefficient (Wildman–Crippen LogP) is 3.33. The van der Waals surface area contributed by atoms with Crippen LogP contribution in [0.3, 0.4) is 0 Å². The second-order valence-electron chi connectivity index (χ2n) is 5.74. The fraction of sp³-hybridized carbons (Fsp3) is 0.471. The molecule has 1 fully saturated rings. The molecule has 106 valence electrons. The minimum atomic E-state index is 0.658. The van der Waals surface area contributed by atoms with Crippen LogP contribution in [0, 0.1) is 0 Å². The van der Waals surface area contributed by atoms with E-state index in [1.807, 2.05) is 7.05 Å². The Morgan fingerprint density at radius 3 is 2.75 bits per heavy atom. The van der Waals surface area contributed by atoms with E-state index in [1.54, 1.807) is 0 Å². The van der Waals surface area contributed by atoms with Crippen LogP contribution in [-0.4, -0.2) is 25.1 Å². The Hall–Kier alpha value is -1.61. The van der Waals surface area contributed by atoms with Gasteiger partial charge in [0.1, 0.15) is 5.82 Å². The predicted molar refractivity (Wildman–Crippen MR) is 85.2 cm³/mol. The molecule has 0 radical (unpaired) electrons. The zero-order valence-corrected chi connectivity index (χ0v) is 12.4. The summed E-state index contributed by atoms with van der Waals surface area (Å²) in [4.78, 5) is 7.23. The molecule has 0 atom stereocenters. The van der Waals surface area contributed by atoms with E-state index in [2.05, 4.69) is 47.6 Å². The first-order chi connectivity index (χ1) is 9.79. The Bertz CT molecular complexity index is 588. The highest BCUT2D eigenvalue weighted by Crippen LogP contribution is 2.28. The fourth-order valence-electron chi connectivity index (χ4n) is 3.23. The van der Waals surface area contributed by atoms with Crippen molar-refractivity contribution < 1.29 is 0 Å². The number of hydrogen-bond donors (Lipinski definition) is 1. The maximum atomic E-state index is 4.86. The van der Waals surface area contributed by atoms with Gasteiger partial charge in [0, 0.05) is 25.0 Å². The van der Waals surface area contributed by atoms with Gasteiger partial charge in [-0.1, -0.05) is 31.0 Å². The Morgan fingerprint density at radius 2 is 2.00 bits per heavy atom. The summed E-state index contributed by atoms with van der Waals surface area (Å²) in [6, 6.07) is 11.3. The van der Waals surface area contributed by atoms with Crippen LogP contribution in [0.2, 0.25) is 0 Å². The van der Waals surface area contributed by atoms with Gasteiger partial charge in [-0.05, 0) is 37.6 Å². The highest BCUT2D eigenvalue weighted by Gasteiger charge is 2.21. The van der Waals surface area contributed by atoms with E-state index in [1.165, 1.54) is 36.6 Å². The van der Waals surface area contributed by atoms with Crippen molar-refractivity contribution in [3.63, 3.8) is 0 Å². The lowest BCUT2D eigenvalue weighted by Crippen LogP contribution is -2.29. The van der Waals surface area contributed by atoms with Crippen LogP contribution in [0.4, 0.5) is 5.82 Å². The smallest absolute Gasteiger partial charge is 0.129 e. The van der Waals surface area contributed by atoms with Crippen molar-refractivity contribution in [3.05, 3.63) is 35.9 Å². The zero-order chi connectivity index (χ0) is 13.9. The molecule has 1 aromatic heterocycles. The molecule has 0 saturated heterocycles. The van der Waals surface area contributed by atoms with Crippen LogP contribution in [-0.2, 0) is 6.54 Å². The van der Waals surface area contributed by atoms with Gasteiger partial charge in [0.25, 0.3) is 0 Å². The first-order valence-corrected chi connectivity index (χ1v) is 7.55. The van der Waals surface area contributed by atoms with Crippen LogP contribution in [0.25, 0.3) is 10.9 Å². The molecule has 1 aliphatic carbocycles. The Morgan fingerprint density at radius 1 is 1.25 bits per heavy atom. The SMILES string of the molecule is CNCc1cc(N(C)C2CCCC2)nc2ccccc12. The molecular weight excluding hydrogens is 246 g/mol. The maximum Gasteiger partial charge on any atom is 0.129 e. The van der Waals surface area contributed by atoms with Crippen molar-refractivity contribution in [2.24, 2.45) is 0 Å². The number of rotatable bonds is 4. The Balaban J connectivity index is 2.02. The molecule has 2 aromatic rings. The van der Waals surface area contributed by atoms with Gasteiger partial charge >= 0.3 is 0 Å². The Kier molecular flexibility index (Phi) is 3.88. The fourth-order valence-corrected chi connectivity index (χ4v) is 3.23. The number of benzene rings is 1.